The summed E-state index contributed by atoms with van der Waals surface area (Å²) in [5.41, 5.74) is 10.5. The number of hydrogen-bond acceptors (Lipinski definition) is 5. The second kappa shape index (κ2) is 11.0. The number of carbonyl (C=O) groups excluding carboxylic acids is 2. The zero-order valence-corrected chi connectivity index (χ0v) is 17.5. The second-order valence-corrected chi connectivity index (χ2v) is 7.40. The van der Waals surface area contributed by atoms with Crippen LogP contribution in [0.15, 0.2) is 65.8 Å². The van der Waals surface area contributed by atoms with E-state index in [9.17, 15) is 9.59 Å². The molecule has 0 spiro atoms. The molecule has 0 bridgehead atoms. The Morgan fingerprint density at radius 1 is 1.16 bits per heavy atom. The molecular weight excluding hydrogens is 396 g/mol. The second-order valence-electron chi connectivity index (χ2n) is 7.40. The Bertz CT molecular complexity index is 916. The van der Waals surface area contributed by atoms with Crippen LogP contribution in [-0.2, 0) is 27.4 Å². The molecule has 1 heterocycles. The molecule has 1 aliphatic heterocycles. The van der Waals surface area contributed by atoms with Crippen molar-refractivity contribution in [2.24, 2.45) is 5.11 Å². The number of benzene rings is 2. The van der Waals surface area contributed by atoms with E-state index in [1.54, 1.807) is 4.90 Å². The molecule has 1 fully saturated rings. The Hall–Kier alpha value is -3.51. The van der Waals surface area contributed by atoms with Crippen LogP contribution in [0, 0.1) is 0 Å². The topological polar surface area (TPSA) is 105 Å². The van der Waals surface area contributed by atoms with Crippen molar-refractivity contribution < 1.29 is 19.1 Å². The largest absolute Gasteiger partial charge is 0.460 e. The first kappa shape index (κ1) is 22.2. The number of esters is 1. The number of nitrogens with zero attached hydrogens (tertiary/aromatic N) is 4. The summed E-state index contributed by atoms with van der Waals surface area (Å²) in [4.78, 5) is 29.7. The minimum Gasteiger partial charge on any atom is -0.460 e. The average Bonchev–Trinajstić information content (AvgIpc) is 2.80. The molecule has 3 atom stereocenters. The molecule has 8 nitrogen and oxygen atoms in total. The Kier molecular flexibility index (Phi) is 7.90. The first-order valence-electron chi connectivity index (χ1n) is 10.4. The molecule has 3 rings (SSSR count). The molecule has 31 heavy (non-hydrogen) atoms. The molecule has 0 aliphatic carbocycles. The number of azide groups is 1. The fourth-order valence-corrected chi connectivity index (χ4v) is 3.75. The molecule has 1 unspecified atom stereocenters. The third-order valence-electron chi connectivity index (χ3n) is 5.34. The molecule has 2 aromatic carbocycles. The maximum Gasteiger partial charge on any atom is 0.410 e. The van der Waals surface area contributed by atoms with Gasteiger partial charge in [-0.05, 0) is 35.9 Å². The van der Waals surface area contributed by atoms with Gasteiger partial charge in [-0.2, -0.15) is 0 Å². The lowest BCUT2D eigenvalue weighted by atomic mass is 9.96. The van der Waals surface area contributed by atoms with Crippen LogP contribution >= 0.6 is 0 Å². The predicted molar refractivity (Wildman–Crippen MR) is 115 cm³/mol. The maximum atomic E-state index is 13.1. The highest BCUT2D eigenvalue weighted by molar-refractivity contribution is 5.77. The van der Waals surface area contributed by atoms with Crippen molar-refractivity contribution in [1.29, 1.82) is 0 Å². The van der Waals surface area contributed by atoms with Gasteiger partial charge in [-0.3, -0.25) is 9.69 Å². The Morgan fingerprint density at radius 3 is 2.39 bits per heavy atom. The van der Waals surface area contributed by atoms with E-state index in [2.05, 4.69) is 10.0 Å². The zero-order valence-electron chi connectivity index (χ0n) is 17.5. The van der Waals surface area contributed by atoms with E-state index in [-0.39, 0.29) is 12.6 Å². The van der Waals surface area contributed by atoms with Gasteiger partial charge in [-0.15, -0.1) is 0 Å². The van der Waals surface area contributed by atoms with Gasteiger partial charge < -0.3 is 9.47 Å². The van der Waals surface area contributed by atoms with E-state index >= 15 is 0 Å². The van der Waals surface area contributed by atoms with Crippen molar-refractivity contribution in [2.45, 2.75) is 57.5 Å². The minimum atomic E-state index is -0.814. The lowest BCUT2D eigenvalue weighted by Crippen LogP contribution is -2.50. The predicted octanol–water partition coefficient (Wildman–Crippen LogP) is 4.99. The summed E-state index contributed by atoms with van der Waals surface area (Å²) in [7, 11) is 0. The highest BCUT2D eigenvalue weighted by Crippen LogP contribution is 2.26. The van der Waals surface area contributed by atoms with Gasteiger partial charge in [0.15, 0.2) is 0 Å². The van der Waals surface area contributed by atoms with Crippen LogP contribution in [0.1, 0.15) is 37.3 Å². The van der Waals surface area contributed by atoms with Gasteiger partial charge in [0, 0.05) is 11.5 Å². The Labute approximate surface area is 181 Å². The SMILES string of the molecule is CC[C@@H]([C@@H]1CCC(N=[N+]=[N-])C(=O)O1)N(Cc1ccccc1)C(=O)OCc1ccccc1. The zero-order chi connectivity index (χ0) is 22.1. The summed E-state index contributed by atoms with van der Waals surface area (Å²) in [6, 6.07) is 17.9. The van der Waals surface area contributed by atoms with Crippen molar-refractivity contribution in [1.82, 2.24) is 4.90 Å². The highest BCUT2D eigenvalue weighted by atomic mass is 16.6. The smallest absolute Gasteiger partial charge is 0.410 e. The highest BCUT2D eigenvalue weighted by Gasteiger charge is 2.38. The van der Waals surface area contributed by atoms with E-state index in [0.29, 0.717) is 25.8 Å². The summed E-state index contributed by atoms with van der Waals surface area (Å²) in [5.74, 6) is -0.551. The molecule has 2 aromatic rings. The molecule has 0 N–H and O–H groups in total. The lowest BCUT2D eigenvalue weighted by Gasteiger charge is -2.38. The number of hydrogen-bond donors (Lipinski definition) is 0. The molecular formula is C23H26N4O4. The third-order valence-corrected chi connectivity index (χ3v) is 5.34. The molecule has 1 aliphatic rings. The van der Waals surface area contributed by atoms with Gasteiger partial charge in [-0.25, -0.2) is 4.79 Å². The van der Waals surface area contributed by atoms with Crippen LogP contribution in [-0.4, -0.2) is 35.2 Å². The van der Waals surface area contributed by atoms with Crippen molar-refractivity contribution in [3.8, 4) is 0 Å². The van der Waals surface area contributed by atoms with Crippen LogP contribution in [0.25, 0.3) is 10.4 Å². The molecule has 162 valence electrons. The molecule has 1 amide bonds. The van der Waals surface area contributed by atoms with E-state index in [4.69, 9.17) is 15.0 Å². The Balaban J connectivity index is 1.77. The van der Waals surface area contributed by atoms with Gasteiger partial charge in [0.2, 0.25) is 0 Å². The number of amides is 1. The van der Waals surface area contributed by atoms with Crippen LogP contribution < -0.4 is 0 Å². The summed E-state index contributed by atoms with van der Waals surface area (Å²) in [6.45, 7) is 2.44. The van der Waals surface area contributed by atoms with Crippen LogP contribution in [0.3, 0.4) is 0 Å². The normalized spacial score (nSPS) is 18.9. The van der Waals surface area contributed by atoms with Crippen molar-refractivity contribution in [2.75, 3.05) is 0 Å². The van der Waals surface area contributed by atoms with Crippen LogP contribution in [0.2, 0.25) is 0 Å². The molecule has 0 radical (unpaired) electrons. The minimum absolute atomic E-state index is 0.158. The first-order chi connectivity index (χ1) is 15.1. The van der Waals surface area contributed by atoms with Crippen molar-refractivity contribution in [3.63, 3.8) is 0 Å². The van der Waals surface area contributed by atoms with Gasteiger partial charge in [-0.1, -0.05) is 72.7 Å². The number of cyclic esters (lactones) is 1. The summed E-state index contributed by atoms with van der Waals surface area (Å²) < 4.78 is 11.2. The summed E-state index contributed by atoms with van der Waals surface area (Å²) in [5, 5.41) is 3.50. The quantitative estimate of drug-likeness (QED) is 0.259. The van der Waals surface area contributed by atoms with Crippen molar-refractivity contribution >= 4 is 12.1 Å². The third kappa shape index (κ3) is 5.99. The first-order valence-corrected chi connectivity index (χ1v) is 10.4. The maximum absolute atomic E-state index is 13.1. The van der Waals surface area contributed by atoms with Gasteiger partial charge in [0.1, 0.15) is 18.8 Å². The lowest BCUT2D eigenvalue weighted by molar-refractivity contribution is -0.160. The van der Waals surface area contributed by atoms with Gasteiger partial charge >= 0.3 is 12.1 Å². The summed E-state index contributed by atoms with van der Waals surface area (Å²) in [6.07, 6.45) is 0.522. The van der Waals surface area contributed by atoms with E-state index in [1.165, 1.54) is 0 Å². The van der Waals surface area contributed by atoms with Crippen LogP contribution in [0.4, 0.5) is 4.79 Å². The fourth-order valence-electron chi connectivity index (χ4n) is 3.75. The monoisotopic (exact) mass is 422 g/mol. The number of ether oxygens (including phenoxy) is 2. The molecule has 0 saturated carbocycles. The van der Waals surface area contributed by atoms with Gasteiger partial charge in [0.25, 0.3) is 0 Å². The van der Waals surface area contributed by atoms with E-state index in [1.807, 2.05) is 67.6 Å². The fraction of sp³-hybridized carbons (Fsp3) is 0.391. The number of rotatable bonds is 8. The summed E-state index contributed by atoms with van der Waals surface area (Å²) >= 11 is 0. The van der Waals surface area contributed by atoms with Crippen molar-refractivity contribution in [3.05, 3.63) is 82.2 Å². The van der Waals surface area contributed by atoms with E-state index < -0.39 is 24.2 Å². The molecule has 1 saturated heterocycles. The standard InChI is InChI=1S/C23H26N4O4/c1-2-20(21-14-13-19(25-26-24)22(28)31-21)27(15-17-9-5-3-6-10-17)23(29)30-16-18-11-7-4-8-12-18/h3-12,19-21H,2,13-16H2,1H3/t19?,20-,21-/m0/s1. The molecule has 8 heteroatoms. The molecule has 0 aromatic heterocycles. The number of carbonyl (C=O) groups is 2. The van der Waals surface area contributed by atoms with Gasteiger partial charge in [0.05, 0.1) is 6.04 Å². The average molecular weight is 422 g/mol. The van der Waals surface area contributed by atoms with Crippen LogP contribution in [0.5, 0.6) is 0 Å². The Morgan fingerprint density at radius 2 is 1.81 bits per heavy atom. The van der Waals surface area contributed by atoms with E-state index in [0.717, 1.165) is 11.1 Å².